The van der Waals surface area contributed by atoms with Gasteiger partial charge in [0.1, 0.15) is 0 Å². The van der Waals surface area contributed by atoms with Crippen LogP contribution in [0.1, 0.15) is 93.1 Å². The van der Waals surface area contributed by atoms with Crippen molar-refractivity contribution in [1.29, 1.82) is 0 Å². The highest BCUT2D eigenvalue weighted by atomic mass is 35.5. The van der Waals surface area contributed by atoms with Gasteiger partial charge < -0.3 is 9.97 Å². The summed E-state index contributed by atoms with van der Waals surface area (Å²) in [6.45, 7) is 2.28. The van der Waals surface area contributed by atoms with Crippen molar-refractivity contribution in [2.75, 3.05) is 0 Å². The first kappa shape index (κ1) is 28.7. The summed E-state index contributed by atoms with van der Waals surface area (Å²) < 4.78 is 0. The molecule has 0 amide bonds. The molecule has 0 unspecified atom stereocenters. The molecule has 6 heteroatoms. The Hall–Kier alpha value is -2.82. The predicted molar refractivity (Wildman–Crippen MR) is 164 cm³/mol. The SMILES string of the molecule is CCCCCCCCCCCc1c2nc(cc3ccc(cc4nc(cc5ccc1[nH]5)C=C4)[nH]3)C=C2.Cl.Cl. The van der Waals surface area contributed by atoms with E-state index in [0.717, 1.165) is 51.3 Å². The van der Waals surface area contributed by atoms with Gasteiger partial charge in [0.25, 0.3) is 0 Å². The number of nitrogens with one attached hydrogen (secondary N) is 2. The average molecular weight is 538 g/mol. The molecule has 2 aliphatic heterocycles. The molecule has 0 aromatic carbocycles. The van der Waals surface area contributed by atoms with Crippen LogP contribution in [0.15, 0.2) is 42.5 Å². The number of hydrogen-bond donors (Lipinski definition) is 2. The Bertz CT molecular complexity index is 1380. The third kappa shape index (κ3) is 7.83. The van der Waals surface area contributed by atoms with Gasteiger partial charge in [0.15, 0.2) is 0 Å². The second-order valence-electron chi connectivity index (χ2n) is 9.74. The number of H-pyrrole nitrogens is 2. The number of aromatic amines is 2. The second kappa shape index (κ2) is 14.2. The molecule has 37 heavy (non-hydrogen) atoms. The number of hydrogen-bond acceptors (Lipinski definition) is 2. The van der Waals surface area contributed by atoms with Crippen LogP contribution in [0.2, 0.25) is 0 Å². The van der Waals surface area contributed by atoms with Crippen LogP contribution in [-0.2, 0) is 6.42 Å². The van der Waals surface area contributed by atoms with Gasteiger partial charge in [-0.05, 0) is 79.6 Å². The maximum absolute atomic E-state index is 4.99. The first-order valence-electron chi connectivity index (χ1n) is 13.3. The van der Waals surface area contributed by atoms with Crippen LogP contribution in [0.25, 0.3) is 46.4 Å². The molecule has 0 aliphatic carbocycles. The van der Waals surface area contributed by atoms with E-state index in [1.165, 1.54) is 63.4 Å². The van der Waals surface area contributed by atoms with Crippen LogP contribution >= 0.6 is 24.8 Å². The largest absolute Gasteiger partial charge is 0.355 e. The maximum Gasteiger partial charge on any atom is 0.0690 e. The van der Waals surface area contributed by atoms with E-state index in [1.54, 1.807) is 0 Å². The number of aryl methyl sites for hydroxylation is 1. The molecule has 3 aromatic heterocycles. The number of fused-ring (bicyclic) bond motifs is 8. The van der Waals surface area contributed by atoms with Crippen LogP contribution in [0.4, 0.5) is 0 Å². The Morgan fingerprint density at radius 1 is 0.568 bits per heavy atom. The molecular weight excluding hydrogens is 499 g/mol. The summed E-state index contributed by atoms with van der Waals surface area (Å²) in [5, 5.41) is 0. The number of rotatable bonds is 10. The van der Waals surface area contributed by atoms with Crippen molar-refractivity contribution in [2.45, 2.75) is 71.1 Å². The number of unbranched alkanes of at least 4 members (excludes halogenated alkanes) is 8. The summed E-state index contributed by atoms with van der Waals surface area (Å²) in [7, 11) is 0. The molecule has 0 radical (unpaired) electrons. The molecule has 0 fully saturated rings. The van der Waals surface area contributed by atoms with Gasteiger partial charge in [0.05, 0.1) is 22.8 Å². The summed E-state index contributed by atoms with van der Waals surface area (Å²) in [6.07, 6.45) is 21.5. The molecule has 0 saturated heterocycles. The molecule has 2 N–H and O–H groups in total. The topological polar surface area (TPSA) is 57.4 Å². The van der Waals surface area contributed by atoms with E-state index in [4.69, 9.17) is 9.97 Å². The van der Waals surface area contributed by atoms with Crippen molar-refractivity contribution in [2.24, 2.45) is 0 Å². The van der Waals surface area contributed by atoms with Gasteiger partial charge in [-0.25, -0.2) is 9.97 Å². The fraction of sp³-hybridized carbons (Fsp3) is 0.355. The van der Waals surface area contributed by atoms with E-state index in [9.17, 15) is 0 Å². The smallest absolute Gasteiger partial charge is 0.0690 e. The van der Waals surface area contributed by atoms with Gasteiger partial charge in [-0.15, -0.1) is 24.8 Å². The molecule has 5 heterocycles. The minimum absolute atomic E-state index is 0. The van der Waals surface area contributed by atoms with Gasteiger partial charge in [-0.2, -0.15) is 0 Å². The molecule has 5 rings (SSSR count). The van der Waals surface area contributed by atoms with Crippen LogP contribution in [0.3, 0.4) is 0 Å². The van der Waals surface area contributed by atoms with Gasteiger partial charge >= 0.3 is 0 Å². The minimum Gasteiger partial charge on any atom is -0.355 e. The quantitative estimate of drug-likeness (QED) is 0.174. The first-order valence-corrected chi connectivity index (χ1v) is 13.3. The lowest BCUT2D eigenvalue weighted by molar-refractivity contribution is 0.565. The van der Waals surface area contributed by atoms with Crippen molar-refractivity contribution >= 4 is 71.2 Å². The zero-order chi connectivity index (χ0) is 23.9. The molecule has 8 bridgehead atoms. The standard InChI is InChI=1S/C31H36N4.2ClH/c1-2-3-4-5-6-7-8-9-10-11-29-30-18-16-27(34-30)21-25-14-12-23(32-25)20-24-13-15-26(33-24)22-28-17-19-31(29)35-28;;/h12-22,32,35H,2-11H2,1H3;2*1H. The van der Waals surface area contributed by atoms with Crippen molar-refractivity contribution in [1.82, 2.24) is 19.9 Å². The lowest BCUT2D eigenvalue weighted by Crippen LogP contribution is -1.92. The van der Waals surface area contributed by atoms with Crippen LogP contribution < -0.4 is 0 Å². The van der Waals surface area contributed by atoms with Crippen molar-refractivity contribution in [3.8, 4) is 0 Å². The Kier molecular flexibility index (Phi) is 11.0. The van der Waals surface area contributed by atoms with Gasteiger partial charge in [0, 0.05) is 27.6 Å². The average Bonchev–Trinajstić information content (AvgIpc) is 3.65. The molecule has 4 nitrogen and oxygen atoms in total. The summed E-state index contributed by atoms with van der Waals surface area (Å²) in [5.41, 5.74) is 9.60. The van der Waals surface area contributed by atoms with Crippen LogP contribution in [0.5, 0.6) is 0 Å². The molecule has 0 atom stereocenters. The molecule has 2 aliphatic rings. The third-order valence-corrected chi connectivity index (χ3v) is 6.86. The number of aromatic nitrogens is 4. The Morgan fingerprint density at radius 2 is 1.08 bits per heavy atom. The Morgan fingerprint density at radius 3 is 1.73 bits per heavy atom. The second-order valence-corrected chi connectivity index (χ2v) is 9.74. The minimum atomic E-state index is 0. The van der Waals surface area contributed by atoms with Crippen LogP contribution in [-0.4, -0.2) is 19.9 Å². The van der Waals surface area contributed by atoms with Gasteiger partial charge in [-0.1, -0.05) is 58.3 Å². The molecule has 196 valence electrons. The monoisotopic (exact) mass is 536 g/mol. The van der Waals surface area contributed by atoms with Gasteiger partial charge in [0.2, 0.25) is 0 Å². The van der Waals surface area contributed by atoms with E-state index in [2.05, 4.69) is 83.7 Å². The fourth-order valence-corrected chi connectivity index (χ4v) is 4.94. The van der Waals surface area contributed by atoms with E-state index >= 15 is 0 Å². The maximum atomic E-state index is 4.99. The predicted octanol–water partition coefficient (Wildman–Crippen LogP) is 9.57. The molecule has 0 saturated carbocycles. The van der Waals surface area contributed by atoms with E-state index in [0.29, 0.717) is 0 Å². The number of nitrogens with zero attached hydrogens (tertiary/aromatic N) is 2. The lowest BCUT2D eigenvalue weighted by Gasteiger charge is -2.04. The highest BCUT2D eigenvalue weighted by molar-refractivity contribution is 5.85. The first-order chi connectivity index (χ1) is 17.3. The Labute approximate surface area is 232 Å². The molecule has 0 spiro atoms. The van der Waals surface area contributed by atoms with Gasteiger partial charge in [-0.3, -0.25) is 0 Å². The Balaban J connectivity index is 0.00000190. The zero-order valence-electron chi connectivity index (χ0n) is 21.6. The fourth-order valence-electron chi connectivity index (χ4n) is 4.94. The van der Waals surface area contributed by atoms with Crippen molar-refractivity contribution < 1.29 is 0 Å². The molecular formula is C31H38Cl2N4. The zero-order valence-corrected chi connectivity index (χ0v) is 23.3. The molecule has 3 aromatic rings. The summed E-state index contributed by atoms with van der Waals surface area (Å²) in [4.78, 5) is 16.8. The highest BCUT2D eigenvalue weighted by Crippen LogP contribution is 2.23. The van der Waals surface area contributed by atoms with Crippen molar-refractivity contribution in [3.05, 3.63) is 70.8 Å². The highest BCUT2D eigenvalue weighted by Gasteiger charge is 2.09. The lowest BCUT2D eigenvalue weighted by atomic mass is 10.0. The van der Waals surface area contributed by atoms with Crippen LogP contribution in [0, 0.1) is 0 Å². The third-order valence-electron chi connectivity index (χ3n) is 6.86. The van der Waals surface area contributed by atoms with E-state index in [-0.39, 0.29) is 24.8 Å². The number of halogens is 2. The normalized spacial score (nSPS) is 11.8. The summed E-state index contributed by atoms with van der Waals surface area (Å²) in [5.74, 6) is 0. The van der Waals surface area contributed by atoms with Crippen molar-refractivity contribution in [3.63, 3.8) is 0 Å². The summed E-state index contributed by atoms with van der Waals surface area (Å²) >= 11 is 0. The van der Waals surface area contributed by atoms with E-state index in [1.807, 2.05) is 0 Å². The summed E-state index contributed by atoms with van der Waals surface area (Å²) in [6, 6.07) is 14.8. The van der Waals surface area contributed by atoms with E-state index < -0.39 is 0 Å².